The fourth-order valence-corrected chi connectivity index (χ4v) is 2.05. The summed E-state index contributed by atoms with van der Waals surface area (Å²) in [5, 5.41) is 10.2. The topological polar surface area (TPSA) is 76.4 Å². The highest BCUT2D eigenvalue weighted by molar-refractivity contribution is 5.79. The SMILES string of the molecule is CN=C(NCCc1ccc(OC(F)(F)F)cc1)NCc1ncnn1C. The number of hydrogen-bond acceptors (Lipinski definition) is 4. The first-order valence-corrected chi connectivity index (χ1v) is 7.49. The van der Waals surface area contributed by atoms with Crippen LogP contribution in [0.4, 0.5) is 13.2 Å². The van der Waals surface area contributed by atoms with Crippen molar-refractivity contribution in [2.75, 3.05) is 13.6 Å². The minimum absolute atomic E-state index is 0.231. The second-order valence-corrected chi connectivity index (χ2v) is 5.09. The smallest absolute Gasteiger partial charge is 0.406 e. The molecule has 2 aromatic rings. The predicted molar refractivity (Wildman–Crippen MR) is 86.0 cm³/mol. The maximum atomic E-state index is 12.1. The lowest BCUT2D eigenvalue weighted by Gasteiger charge is -2.12. The Bertz CT molecular complexity index is 696. The first kappa shape index (κ1) is 18.6. The van der Waals surface area contributed by atoms with Crippen LogP contribution in [0.1, 0.15) is 11.4 Å². The summed E-state index contributed by atoms with van der Waals surface area (Å²) in [7, 11) is 3.45. The molecule has 0 unspecified atom stereocenters. The molecule has 1 aromatic heterocycles. The van der Waals surface area contributed by atoms with Gasteiger partial charge in [0.25, 0.3) is 0 Å². The highest BCUT2D eigenvalue weighted by Gasteiger charge is 2.30. The van der Waals surface area contributed by atoms with Crippen molar-refractivity contribution in [2.45, 2.75) is 19.3 Å². The van der Waals surface area contributed by atoms with Gasteiger partial charge in [-0.1, -0.05) is 12.1 Å². The number of alkyl halides is 3. The van der Waals surface area contributed by atoms with E-state index >= 15 is 0 Å². The lowest BCUT2D eigenvalue weighted by molar-refractivity contribution is -0.274. The van der Waals surface area contributed by atoms with Crippen molar-refractivity contribution in [1.82, 2.24) is 25.4 Å². The molecule has 0 spiro atoms. The van der Waals surface area contributed by atoms with E-state index in [0.29, 0.717) is 25.5 Å². The van der Waals surface area contributed by atoms with Gasteiger partial charge in [0, 0.05) is 20.6 Å². The first-order valence-electron chi connectivity index (χ1n) is 7.49. The quantitative estimate of drug-likeness (QED) is 0.608. The van der Waals surface area contributed by atoms with E-state index in [-0.39, 0.29) is 5.75 Å². The third-order valence-corrected chi connectivity index (χ3v) is 3.31. The van der Waals surface area contributed by atoms with Crippen LogP contribution in [0.3, 0.4) is 0 Å². The lowest BCUT2D eigenvalue weighted by Crippen LogP contribution is -2.38. The summed E-state index contributed by atoms with van der Waals surface area (Å²) in [5.74, 6) is 1.13. The molecule has 0 radical (unpaired) electrons. The van der Waals surface area contributed by atoms with Crippen LogP contribution in [0, 0.1) is 0 Å². The number of guanidine groups is 1. The zero-order valence-electron chi connectivity index (χ0n) is 13.8. The molecule has 0 amide bonds. The van der Waals surface area contributed by atoms with Crippen molar-refractivity contribution in [3.63, 3.8) is 0 Å². The van der Waals surface area contributed by atoms with Gasteiger partial charge in [0.1, 0.15) is 17.9 Å². The van der Waals surface area contributed by atoms with E-state index in [0.717, 1.165) is 11.4 Å². The number of aliphatic imine (C=N–C) groups is 1. The average molecular weight is 356 g/mol. The van der Waals surface area contributed by atoms with Crippen LogP contribution >= 0.6 is 0 Å². The first-order chi connectivity index (χ1) is 11.9. The molecule has 1 aromatic carbocycles. The van der Waals surface area contributed by atoms with Gasteiger partial charge in [-0.15, -0.1) is 13.2 Å². The summed E-state index contributed by atoms with van der Waals surface area (Å²) in [6.07, 6.45) is -2.58. The maximum Gasteiger partial charge on any atom is 0.573 e. The average Bonchev–Trinajstić information content (AvgIpc) is 2.96. The van der Waals surface area contributed by atoms with E-state index in [2.05, 4.69) is 30.4 Å². The third kappa shape index (κ3) is 6.32. The number of rotatable bonds is 6. The molecule has 0 aliphatic heterocycles. The number of hydrogen-bond donors (Lipinski definition) is 2. The molecule has 0 saturated heterocycles. The molecule has 7 nitrogen and oxygen atoms in total. The Morgan fingerprint density at radius 2 is 1.96 bits per heavy atom. The van der Waals surface area contributed by atoms with Crippen LogP contribution in [0.15, 0.2) is 35.6 Å². The van der Waals surface area contributed by atoms with Crippen LogP contribution in [-0.4, -0.2) is 40.7 Å². The van der Waals surface area contributed by atoms with E-state index in [1.165, 1.54) is 18.5 Å². The summed E-state index contributed by atoms with van der Waals surface area (Å²) in [6, 6.07) is 5.78. The van der Waals surface area contributed by atoms with Gasteiger partial charge in [0.15, 0.2) is 5.96 Å². The van der Waals surface area contributed by atoms with Crippen molar-refractivity contribution < 1.29 is 17.9 Å². The minimum atomic E-state index is -4.68. The molecule has 0 saturated carbocycles. The molecule has 25 heavy (non-hydrogen) atoms. The monoisotopic (exact) mass is 356 g/mol. The number of aromatic nitrogens is 3. The molecule has 2 rings (SSSR count). The lowest BCUT2D eigenvalue weighted by atomic mass is 10.1. The summed E-state index contributed by atoms with van der Waals surface area (Å²) < 4.78 is 41.8. The predicted octanol–water partition coefficient (Wildman–Crippen LogP) is 1.62. The van der Waals surface area contributed by atoms with Gasteiger partial charge in [0.05, 0.1) is 6.54 Å². The Morgan fingerprint density at radius 3 is 2.52 bits per heavy atom. The molecule has 0 aliphatic carbocycles. The van der Waals surface area contributed by atoms with E-state index < -0.39 is 6.36 Å². The highest BCUT2D eigenvalue weighted by atomic mass is 19.4. The Kier molecular flexibility index (Phi) is 6.20. The fourth-order valence-electron chi connectivity index (χ4n) is 2.05. The molecular formula is C15H19F3N6O. The molecular weight excluding hydrogens is 337 g/mol. The van der Waals surface area contributed by atoms with Crippen LogP contribution in [0.5, 0.6) is 5.75 Å². The van der Waals surface area contributed by atoms with Crippen LogP contribution in [0.25, 0.3) is 0 Å². The number of halogens is 3. The van der Waals surface area contributed by atoms with E-state index in [4.69, 9.17) is 0 Å². The number of nitrogens with one attached hydrogen (secondary N) is 2. The Labute approximate surface area is 142 Å². The van der Waals surface area contributed by atoms with E-state index in [1.54, 1.807) is 30.9 Å². The molecule has 10 heteroatoms. The van der Waals surface area contributed by atoms with Gasteiger partial charge >= 0.3 is 6.36 Å². The second kappa shape index (κ2) is 8.36. The minimum Gasteiger partial charge on any atom is -0.406 e. The zero-order chi connectivity index (χ0) is 18.3. The van der Waals surface area contributed by atoms with Crippen molar-refractivity contribution >= 4 is 5.96 Å². The third-order valence-electron chi connectivity index (χ3n) is 3.31. The van der Waals surface area contributed by atoms with Crippen LogP contribution < -0.4 is 15.4 Å². The maximum absolute atomic E-state index is 12.1. The number of benzene rings is 1. The van der Waals surface area contributed by atoms with Crippen LogP contribution in [0.2, 0.25) is 0 Å². The zero-order valence-corrected chi connectivity index (χ0v) is 13.8. The Balaban J connectivity index is 1.76. The molecule has 0 fully saturated rings. The van der Waals surface area contributed by atoms with Crippen LogP contribution in [-0.2, 0) is 20.0 Å². The normalized spacial score (nSPS) is 12.1. The van der Waals surface area contributed by atoms with Gasteiger partial charge in [-0.2, -0.15) is 5.10 Å². The van der Waals surface area contributed by atoms with Crippen molar-refractivity contribution in [3.8, 4) is 5.75 Å². The van der Waals surface area contributed by atoms with Crippen molar-refractivity contribution in [3.05, 3.63) is 42.0 Å². The van der Waals surface area contributed by atoms with E-state index in [1.807, 2.05) is 0 Å². The number of aryl methyl sites for hydroxylation is 1. The van der Waals surface area contributed by atoms with Gasteiger partial charge in [0.2, 0.25) is 0 Å². The van der Waals surface area contributed by atoms with Crippen molar-refractivity contribution in [1.29, 1.82) is 0 Å². The standard InChI is InChI=1S/C15H19F3N6O/c1-19-14(21-9-13-22-10-23-24(13)2)20-8-7-11-3-5-12(6-4-11)25-15(16,17)18/h3-6,10H,7-9H2,1-2H3,(H2,19,20,21). The summed E-state index contributed by atoms with van der Waals surface area (Å²) in [4.78, 5) is 8.19. The Hall–Kier alpha value is -2.78. The fraction of sp³-hybridized carbons (Fsp3) is 0.400. The molecule has 136 valence electrons. The van der Waals surface area contributed by atoms with Gasteiger partial charge in [-0.3, -0.25) is 9.67 Å². The Morgan fingerprint density at radius 1 is 1.24 bits per heavy atom. The molecule has 0 bridgehead atoms. The molecule has 0 aliphatic rings. The van der Waals surface area contributed by atoms with Gasteiger partial charge < -0.3 is 15.4 Å². The second-order valence-electron chi connectivity index (χ2n) is 5.09. The van der Waals surface area contributed by atoms with Gasteiger partial charge in [-0.05, 0) is 24.1 Å². The molecule has 2 N–H and O–H groups in total. The van der Waals surface area contributed by atoms with Gasteiger partial charge in [-0.25, -0.2) is 4.98 Å². The summed E-state index contributed by atoms with van der Waals surface area (Å²) in [6.45, 7) is 1.04. The highest BCUT2D eigenvalue weighted by Crippen LogP contribution is 2.22. The number of nitrogens with zero attached hydrogens (tertiary/aromatic N) is 4. The molecule has 0 atom stereocenters. The number of ether oxygens (including phenoxy) is 1. The summed E-state index contributed by atoms with van der Waals surface area (Å²) in [5.41, 5.74) is 0.880. The largest absolute Gasteiger partial charge is 0.573 e. The van der Waals surface area contributed by atoms with E-state index in [9.17, 15) is 13.2 Å². The van der Waals surface area contributed by atoms with Crippen molar-refractivity contribution in [2.24, 2.45) is 12.0 Å². The summed E-state index contributed by atoms with van der Waals surface area (Å²) >= 11 is 0. The molecule has 1 heterocycles.